The lowest BCUT2D eigenvalue weighted by atomic mass is 10.1. The third kappa shape index (κ3) is 6.45. The van der Waals surface area contributed by atoms with E-state index in [1.165, 1.54) is 0 Å². The van der Waals surface area contributed by atoms with Crippen LogP contribution in [-0.2, 0) is 17.8 Å². The molecular weight excluding hydrogens is 510 g/mol. The van der Waals surface area contributed by atoms with Crippen LogP contribution in [0, 0.1) is 11.6 Å². The predicted molar refractivity (Wildman–Crippen MR) is 129 cm³/mol. The first-order valence-corrected chi connectivity index (χ1v) is 12.2. The number of nitrogens with one attached hydrogen (secondary N) is 3. The van der Waals surface area contributed by atoms with Crippen molar-refractivity contribution in [2.45, 2.75) is 13.5 Å². The highest BCUT2D eigenvalue weighted by Crippen LogP contribution is 2.31. The number of hydrogen-bond acceptors (Lipinski definition) is 7. The van der Waals surface area contributed by atoms with Crippen LogP contribution in [-0.4, -0.2) is 43.7 Å². The number of nitrogens with zero attached hydrogens (tertiary/aromatic N) is 3. The van der Waals surface area contributed by atoms with Crippen LogP contribution in [0.3, 0.4) is 0 Å². The molecule has 14 heteroatoms. The molecule has 0 spiro atoms. The molecule has 9 nitrogen and oxygen atoms in total. The summed E-state index contributed by atoms with van der Waals surface area (Å²) < 4.78 is 55.0. The lowest BCUT2D eigenvalue weighted by molar-refractivity contribution is 0.0946. The van der Waals surface area contributed by atoms with Gasteiger partial charge in [-0.25, -0.2) is 22.3 Å². The van der Waals surface area contributed by atoms with Gasteiger partial charge in [-0.2, -0.15) is 4.37 Å². The first-order chi connectivity index (χ1) is 16.3. The molecule has 0 aliphatic carbocycles. The van der Waals surface area contributed by atoms with Crippen LogP contribution in [0.4, 0.5) is 25.3 Å². The maximum Gasteiger partial charge on any atom is 0.268 e. The van der Waals surface area contributed by atoms with Crippen molar-refractivity contribution in [1.29, 1.82) is 0 Å². The molecule has 0 aliphatic heterocycles. The van der Waals surface area contributed by atoms with Gasteiger partial charge in [-0.1, -0.05) is 24.6 Å². The summed E-state index contributed by atoms with van der Waals surface area (Å²) in [6.07, 6.45) is 1.11. The molecule has 1 amide bonds. The van der Waals surface area contributed by atoms with Crippen LogP contribution in [0.15, 0.2) is 36.7 Å². The number of amides is 1. The number of hydrogen-bond donors (Lipinski definition) is 4. The van der Waals surface area contributed by atoms with Crippen LogP contribution >= 0.6 is 23.1 Å². The van der Waals surface area contributed by atoms with Gasteiger partial charge in [-0.3, -0.25) is 9.35 Å². The largest absolute Gasteiger partial charge is 0.383 e. The summed E-state index contributed by atoms with van der Waals surface area (Å²) in [4.78, 5) is 16.3. The molecule has 0 bridgehead atoms. The van der Waals surface area contributed by atoms with Gasteiger partial charge in [0.05, 0.1) is 11.3 Å². The number of carbonyl (C=O) groups excluding carboxylic acids is 1. The summed E-state index contributed by atoms with van der Waals surface area (Å²) in [6, 6.07) is 6.41. The maximum atomic E-state index is 14.8. The molecule has 0 saturated carbocycles. The Morgan fingerprint density at radius 3 is 2.71 bits per heavy atom. The molecule has 1 aromatic heterocycles. The third-order valence-corrected chi connectivity index (χ3v) is 6.24. The van der Waals surface area contributed by atoms with Crippen LogP contribution in [0.1, 0.15) is 22.8 Å². The van der Waals surface area contributed by atoms with Gasteiger partial charge in [-0.05, 0) is 30.3 Å². The lowest BCUT2D eigenvalue weighted by Crippen LogP contribution is -2.26. The molecule has 3 aromatic rings. The van der Waals surface area contributed by atoms with Crippen molar-refractivity contribution in [3.05, 3.63) is 64.4 Å². The number of carbonyl (C=O) groups is 1. The van der Waals surface area contributed by atoms with E-state index in [0.717, 1.165) is 30.9 Å². The van der Waals surface area contributed by atoms with Gasteiger partial charge in [0.1, 0.15) is 18.0 Å². The predicted octanol–water partition coefficient (Wildman–Crippen LogP) is 3.70. The van der Waals surface area contributed by atoms with Gasteiger partial charge in [0.25, 0.3) is 17.2 Å². The van der Waals surface area contributed by atoms with E-state index < -0.39 is 40.1 Å². The number of aromatic nitrogens is 2. The van der Waals surface area contributed by atoms with Crippen molar-refractivity contribution in [2.24, 2.45) is 0 Å². The fourth-order valence-corrected chi connectivity index (χ4v) is 4.38. The minimum absolute atomic E-state index is 0.0277. The summed E-state index contributed by atoms with van der Waals surface area (Å²) in [5.41, 5.74) is 0.282. The smallest absolute Gasteiger partial charge is 0.268 e. The number of benzene rings is 2. The molecule has 1 unspecified atom stereocenters. The Balaban J connectivity index is 1.76. The average molecular weight is 531 g/mol. The molecule has 1 atom stereocenters. The summed E-state index contributed by atoms with van der Waals surface area (Å²) in [7, 11) is 0. The molecule has 3 rings (SSSR count). The maximum absolute atomic E-state index is 14.8. The van der Waals surface area contributed by atoms with Crippen molar-refractivity contribution in [2.75, 3.05) is 29.3 Å². The summed E-state index contributed by atoms with van der Waals surface area (Å²) >= 11 is 4.04. The second-order valence-corrected chi connectivity index (χ2v) is 8.82. The molecule has 34 heavy (non-hydrogen) atoms. The zero-order valence-corrected chi connectivity index (χ0v) is 20.2. The first kappa shape index (κ1) is 25.9. The molecule has 0 aliphatic rings. The first-order valence-electron chi connectivity index (χ1n) is 9.99. The minimum Gasteiger partial charge on any atom is -0.383 e. The Labute approximate surface area is 206 Å². The number of halogens is 3. The summed E-state index contributed by atoms with van der Waals surface area (Å²) in [5.74, 6) is -3.01. The van der Waals surface area contributed by atoms with Gasteiger partial charge in [0.15, 0.2) is 0 Å². The lowest BCUT2D eigenvalue weighted by Gasteiger charge is -2.18. The topological polar surface area (TPSA) is 119 Å². The van der Waals surface area contributed by atoms with E-state index in [9.17, 15) is 22.3 Å². The second-order valence-electron chi connectivity index (χ2n) is 6.80. The van der Waals surface area contributed by atoms with E-state index in [1.807, 2.05) is 6.92 Å². The minimum atomic E-state index is -2.75. The van der Waals surface area contributed by atoms with Gasteiger partial charge in [-0.15, -0.1) is 0 Å². The summed E-state index contributed by atoms with van der Waals surface area (Å²) in [6.45, 7) is 4.19. The number of anilines is 3. The molecular formula is C20H21ClF2N6O3S2. The van der Waals surface area contributed by atoms with Crippen molar-refractivity contribution < 1.29 is 22.3 Å². The Bertz CT molecular complexity index is 1170. The number of likely N-dealkylation sites (N-methyl/N-ethyl adjacent to an activating group) is 1. The second kappa shape index (κ2) is 12.1. The van der Waals surface area contributed by atoms with Crippen LogP contribution < -0.4 is 20.3 Å². The van der Waals surface area contributed by atoms with Crippen molar-refractivity contribution in [1.82, 2.24) is 20.0 Å². The molecule has 2 aromatic carbocycles. The van der Waals surface area contributed by atoms with Gasteiger partial charge in [0.2, 0.25) is 5.13 Å². The van der Waals surface area contributed by atoms with E-state index in [0.29, 0.717) is 39.3 Å². The van der Waals surface area contributed by atoms with Crippen LogP contribution in [0.2, 0.25) is 5.02 Å². The van der Waals surface area contributed by atoms with Crippen LogP contribution in [0.5, 0.6) is 0 Å². The Morgan fingerprint density at radius 1 is 1.24 bits per heavy atom. The Hall–Kier alpha value is -2.71. The van der Waals surface area contributed by atoms with Gasteiger partial charge < -0.3 is 16.0 Å². The highest BCUT2D eigenvalue weighted by Gasteiger charge is 2.25. The molecule has 4 N–H and O–H groups in total. The van der Waals surface area contributed by atoms with Crippen molar-refractivity contribution >= 4 is 56.8 Å². The van der Waals surface area contributed by atoms with E-state index in [1.54, 1.807) is 18.2 Å². The third-order valence-electron chi connectivity index (χ3n) is 4.56. The molecule has 0 radical (unpaired) electrons. The van der Waals surface area contributed by atoms with E-state index in [-0.39, 0.29) is 11.7 Å². The van der Waals surface area contributed by atoms with E-state index >= 15 is 0 Å². The van der Waals surface area contributed by atoms with E-state index in [4.69, 9.17) is 11.6 Å². The van der Waals surface area contributed by atoms with Crippen molar-refractivity contribution in [3.8, 4) is 0 Å². The molecule has 1 heterocycles. The highest BCUT2D eigenvalue weighted by atomic mass is 35.5. The number of rotatable bonds is 11. The average Bonchev–Trinajstić information content (AvgIpc) is 3.32. The van der Waals surface area contributed by atoms with Gasteiger partial charge >= 0.3 is 0 Å². The Kier molecular flexibility index (Phi) is 9.24. The normalized spacial score (nSPS) is 11.8. The molecule has 0 saturated heterocycles. The van der Waals surface area contributed by atoms with Crippen LogP contribution in [0.25, 0.3) is 0 Å². The zero-order chi connectivity index (χ0) is 24.7. The Morgan fingerprint density at radius 2 is 2.03 bits per heavy atom. The van der Waals surface area contributed by atoms with Gasteiger partial charge in [0, 0.05) is 47.9 Å². The fourth-order valence-electron chi connectivity index (χ4n) is 2.98. The zero-order valence-electron chi connectivity index (χ0n) is 17.8. The quantitative estimate of drug-likeness (QED) is 0.220. The monoisotopic (exact) mass is 530 g/mol. The summed E-state index contributed by atoms with van der Waals surface area (Å²) in [5, 5.41) is 9.34. The van der Waals surface area contributed by atoms with Crippen molar-refractivity contribution in [3.63, 3.8) is 0 Å². The molecule has 0 fully saturated rings. The SMILES string of the molecule is CCNCCNc1cc(Cl)ccc1CNC(=O)c1cc(F)c(N(c2ncns2)S(=O)O)cc1F. The highest BCUT2D eigenvalue weighted by molar-refractivity contribution is 7.81. The fraction of sp³-hybridized carbons (Fsp3) is 0.250. The standard InChI is InChI=1S/C20H21ClF2N6O3S2/c1-2-24-5-6-25-17-7-13(21)4-3-12(17)10-26-19(30)14-8-16(23)18(9-15(14)22)29(34(31)32)20-27-11-28-33-20/h3-4,7-9,11,24-25H,2,5-6,10H2,1H3,(H,26,30)(H,31,32). The van der Waals surface area contributed by atoms with E-state index in [2.05, 4.69) is 25.3 Å². The molecule has 182 valence electrons.